The van der Waals surface area contributed by atoms with Crippen LogP contribution in [0.2, 0.25) is 0 Å². The standard InChI is InChI=1S/C26H27NO4/c1-2-15-30-23-11-9-21(10-12-23)24-13-14-27(26(28)29)17-25(24)31-18-19-7-8-20-5-3-4-6-22(20)16-19/h2-12,16,24-25H,1,13-15,17-18H2,(H,28,29)/p-1. The van der Waals surface area contributed by atoms with Gasteiger partial charge in [-0.2, -0.15) is 0 Å². The molecule has 0 radical (unpaired) electrons. The Bertz CT molecular complexity index is 1050. The quantitative estimate of drug-likeness (QED) is 0.544. The lowest BCUT2D eigenvalue weighted by molar-refractivity contribution is -0.268. The fourth-order valence-corrected chi connectivity index (χ4v) is 4.13. The normalized spacial score (nSPS) is 18.6. The van der Waals surface area contributed by atoms with Gasteiger partial charge in [0.1, 0.15) is 18.4 Å². The summed E-state index contributed by atoms with van der Waals surface area (Å²) in [5.41, 5.74) is 2.18. The number of fused-ring (bicyclic) bond motifs is 1. The van der Waals surface area contributed by atoms with Crippen LogP contribution in [0.15, 0.2) is 79.4 Å². The second-order valence-corrected chi connectivity index (χ2v) is 7.81. The molecule has 0 aliphatic carbocycles. The van der Waals surface area contributed by atoms with Gasteiger partial charge in [0, 0.05) is 19.0 Å². The topological polar surface area (TPSA) is 61.8 Å². The molecule has 2 unspecified atom stereocenters. The summed E-state index contributed by atoms with van der Waals surface area (Å²) < 4.78 is 11.9. The number of ether oxygens (including phenoxy) is 2. The Balaban J connectivity index is 1.50. The number of likely N-dealkylation sites (tertiary alicyclic amines) is 1. The second-order valence-electron chi connectivity index (χ2n) is 7.81. The Hall–Kier alpha value is -3.31. The molecule has 0 spiro atoms. The van der Waals surface area contributed by atoms with Gasteiger partial charge in [0.15, 0.2) is 0 Å². The highest BCUT2D eigenvalue weighted by Crippen LogP contribution is 2.32. The first-order chi connectivity index (χ1) is 15.1. The van der Waals surface area contributed by atoms with Gasteiger partial charge in [0.2, 0.25) is 0 Å². The third kappa shape index (κ3) is 5.06. The number of hydrogen-bond acceptors (Lipinski definition) is 4. The molecule has 0 bridgehead atoms. The first kappa shape index (κ1) is 20.9. The maximum atomic E-state index is 11.4. The highest BCUT2D eigenvalue weighted by molar-refractivity contribution is 5.82. The van der Waals surface area contributed by atoms with Crippen molar-refractivity contribution in [3.63, 3.8) is 0 Å². The predicted octanol–water partition coefficient (Wildman–Crippen LogP) is 4.12. The average molecular weight is 416 g/mol. The van der Waals surface area contributed by atoms with Crippen molar-refractivity contribution in [2.24, 2.45) is 0 Å². The lowest BCUT2D eigenvalue weighted by atomic mass is 9.87. The van der Waals surface area contributed by atoms with E-state index in [2.05, 4.69) is 36.9 Å². The summed E-state index contributed by atoms with van der Waals surface area (Å²) >= 11 is 0. The summed E-state index contributed by atoms with van der Waals surface area (Å²) in [4.78, 5) is 12.8. The zero-order valence-corrected chi connectivity index (χ0v) is 17.4. The molecule has 3 aromatic carbocycles. The van der Waals surface area contributed by atoms with Gasteiger partial charge >= 0.3 is 0 Å². The van der Waals surface area contributed by atoms with E-state index in [9.17, 15) is 9.90 Å². The van der Waals surface area contributed by atoms with E-state index in [-0.39, 0.29) is 12.0 Å². The number of hydrogen-bond donors (Lipinski definition) is 0. The number of carbonyl (C=O) groups is 1. The molecule has 1 aliphatic heterocycles. The Morgan fingerprint density at radius 2 is 1.87 bits per heavy atom. The number of benzene rings is 3. The summed E-state index contributed by atoms with van der Waals surface area (Å²) in [6.07, 6.45) is 0.993. The molecule has 5 heteroatoms. The zero-order valence-electron chi connectivity index (χ0n) is 17.4. The Kier molecular flexibility index (Phi) is 6.53. The molecule has 4 rings (SSSR count). The van der Waals surface area contributed by atoms with Gasteiger partial charge < -0.3 is 24.3 Å². The van der Waals surface area contributed by atoms with Crippen LogP contribution in [0.4, 0.5) is 4.79 Å². The van der Waals surface area contributed by atoms with E-state index in [1.807, 2.05) is 36.4 Å². The van der Waals surface area contributed by atoms with Crippen molar-refractivity contribution in [2.45, 2.75) is 25.0 Å². The number of carboxylic acid groups (broad SMARTS) is 1. The molecule has 3 aromatic rings. The van der Waals surface area contributed by atoms with Gasteiger partial charge in [-0.3, -0.25) is 0 Å². The van der Waals surface area contributed by atoms with Crippen LogP contribution >= 0.6 is 0 Å². The smallest absolute Gasteiger partial charge is 0.137 e. The number of carbonyl (C=O) groups excluding carboxylic acids is 1. The summed E-state index contributed by atoms with van der Waals surface area (Å²) in [5.74, 6) is 0.883. The van der Waals surface area contributed by atoms with Crippen LogP contribution in [-0.4, -0.2) is 36.8 Å². The minimum Gasteiger partial charge on any atom is -0.530 e. The third-order valence-electron chi connectivity index (χ3n) is 5.77. The van der Waals surface area contributed by atoms with E-state index < -0.39 is 6.09 Å². The SMILES string of the molecule is C=CCOc1ccc(C2CCN(C(=O)[O-])CC2OCc2ccc3ccccc3c2)cc1. The van der Waals surface area contributed by atoms with Crippen molar-refractivity contribution in [2.75, 3.05) is 19.7 Å². The maximum Gasteiger partial charge on any atom is 0.137 e. The fraction of sp³-hybridized carbons (Fsp3) is 0.269. The van der Waals surface area contributed by atoms with E-state index in [4.69, 9.17) is 9.47 Å². The van der Waals surface area contributed by atoms with Gasteiger partial charge in [-0.05, 0) is 46.5 Å². The van der Waals surface area contributed by atoms with E-state index in [0.717, 1.165) is 22.3 Å². The molecule has 1 amide bonds. The minimum atomic E-state index is -1.15. The van der Waals surface area contributed by atoms with E-state index in [0.29, 0.717) is 32.7 Å². The van der Waals surface area contributed by atoms with Crippen LogP contribution in [-0.2, 0) is 11.3 Å². The largest absolute Gasteiger partial charge is 0.530 e. The van der Waals surface area contributed by atoms with Crippen LogP contribution in [0.5, 0.6) is 5.75 Å². The van der Waals surface area contributed by atoms with Gasteiger partial charge in [0.25, 0.3) is 0 Å². The molecule has 1 heterocycles. The van der Waals surface area contributed by atoms with Gasteiger partial charge in [-0.1, -0.05) is 61.2 Å². The van der Waals surface area contributed by atoms with Gasteiger partial charge in [0.05, 0.1) is 12.7 Å². The van der Waals surface area contributed by atoms with Crippen LogP contribution in [0.1, 0.15) is 23.5 Å². The van der Waals surface area contributed by atoms with Crippen molar-refractivity contribution in [1.82, 2.24) is 4.90 Å². The highest BCUT2D eigenvalue weighted by Gasteiger charge is 2.31. The van der Waals surface area contributed by atoms with Crippen LogP contribution in [0.25, 0.3) is 10.8 Å². The van der Waals surface area contributed by atoms with Crippen molar-refractivity contribution in [3.05, 3.63) is 90.5 Å². The summed E-state index contributed by atoms with van der Waals surface area (Å²) in [6.45, 7) is 5.29. The van der Waals surface area contributed by atoms with Crippen LogP contribution in [0.3, 0.4) is 0 Å². The maximum absolute atomic E-state index is 11.4. The first-order valence-electron chi connectivity index (χ1n) is 10.5. The fourth-order valence-electron chi connectivity index (χ4n) is 4.13. The molecule has 0 saturated carbocycles. The third-order valence-corrected chi connectivity index (χ3v) is 5.77. The van der Waals surface area contributed by atoms with Crippen LogP contribution in [0, 0.1) is 0 Å². The summed E-state index contributed by atoms with van der Waals surface area (Å²) in [7, 11) is 0. The highest BCUT2D eigenvalue weighted by atomic mass is 16.5. The summed E-state index contributed by atoms with van der Waals surface area (Å²) in [5, 5.41) is 13.8. The monoisotopic (exact) mass is 416 g/mol. The van der Waals surface area contributed by atoms with Crippen molar-refractivity contribution >= 4 is 16.9 Å². The summed E-state index contributed by atoms with van der Waals surface area (Å²) in [6, 6.07) is 22.4. The Morgan fingerprint density at radius 1 is 1.10 bits per heavy atom. The molecule has 160 valence electrons. The molecular formula is C26H26NO4-. The molecular weight excluding hydrogens is 390 g/mol. The Morgan fingerprint density at radius 3 is 2.61 bits per heavy atom. The first-order valence-corrected chi connectivity index (χ1v) is 10.5. The van der Waals surface area contributed by atoms with Crippen molar-refractivity contribution in [1.29, 1.82) is 0 Å². The van der Waals surface area contributed by atoms with E-state index in [1.54, 1.807) is 6.08 Å². The zero-order chi connectivity index (χ0) is 21.6. The van der Waals surface area contributed by atoms with Gasteiger partial charge in [-0.15, -0.1) is 0 Å². The number of rotatable bonds is 7. The predicted molar refractivity (Wildman–Crippen MR) is 119 cm³/mol. The minimum absolute atomic E-state index is 0.101. The van der Waals surface area contributed by atoms with Crippen molar-refractivity contribution < 1.29 is 19.4 Å². The molecule has 5 nitrogen and oxygen atoms in total. The molecule has 0 N–H and O–H groups in total. The van der Waals surface area contributed by atoms with Crippen LogP contribution < -0.4 is 9.84 Å². The Labute approximate surface area is 182 Å². The molecule has 1 saturated heterocycles. The number of piperidine rings is 1. The molecule has 0 aromatic heterocycles. The van der Waals surface area contributed by atoms with E-state index >= 15 is 0 Å². The lowest BCUT2D eigenvalue weighted by Crippen LogP contribution is -2.51. The molecule has 1 aliphatic rings. The average Bonchev–Trinajstić information content (AvgIpc) is 2.81. The van der Waals surface area contributed by atoms with Gasteiger partial charge in [-0.25, -0.2) is 0 Å². The van der Waals surface area contributed by atoms with Crippen molar-refractivity contribution in [3.8, 4) is 5.75 Å². The van der Waals surface area contributed by atoms with E-state index in [1.165, 1.54) is 10.3 Å². The lowest BCUT2D eigenvalue weighted by Gasteiger charge is -2.40. The molecule has 2 atom stereocenters. The molecule has 31 heavy (non-hydrogen) atoms. The molecule has 1 fully saturated rings. The number of nitrogens with zero attached hydrogens (tertiary/aromatic N) is 1. The second kappa shape index (κ2) is 9.67. The number of amides is 1.